The molecule has 0 spiro atoms. The molecule has 8 heteroatoms. The summed E-state index contributed by atoms with van der Waals surface area (Å²) in [4.78, 5) is 24.3. The molecule has 1 aromatic rings. The molecule has 126 valence electrons. The topological polar surface area (TPSA) is 64.6 Å². The Morgan fingerprint density at radius 2 is 1.96 bits per heavy atom. The number of anilines is 1. The first-order valence-electron chi connectivity index (χ1n) is 6.84. The van der Waals surface area contributed by atoms with Crippen LogP contribution in [0.15, 0.2) is 18.2 Å². The van der Waals surface area contributed by atoms with E-state index < -0.39 is 27.7 Å². The van der Waals surface area contributed by atoms with Gasteiger partial charge in [-0.1, -0.05) is 11.6 Å². The third kappa shape index (κ3) is 3.67. The molecule has 2 atom stereocenters. The largest absolute Gasteiger partial charge is 0.495 e. The van der Waals surface area contributed by atoms with Crippen LogP contribution in [0.3, 0.4) is 0 Å². The lowest BCUT2D eigenvalue weighted by Gasteiger charge is -2.18. The van der Waals surface area contributed by atoms with Crippen LogP contribution in [-0.4, -0.2) is 29.4 Å². The van der Waals surface area contributed by atoms with Crippen molar-refractivity contribution in [2.45, 2.75) is 30.7 Å². The minimum atomic E-state index is -1.14. The Morgan fingerprint density at radius 1 is 1.35 bits per heavy atom. The lowest BCUT2D eigenvalue weighted by molar-refractivity contribution is -0.158. The minimum Gasteiger partial charge on any atom is -0.495 e. The van der Waals surface area contributed by atoms with Crippen LogP contribution in [0.1, 0.15) is 20.3 Å². The van der Waals surface area contributed by atoms with E-state index in [2.05, 4.69) is 5.32 Å². The number of rotatable bonds is 5. The summed E-state index contributed by atoms with van der Waals surface area (Å²) in [6.07, 6.45) is -0.731. The smallest absolute Gasteiger partial charge is 0.315 e. The fourth-order valence-corrected chi connectivity index (χ4v) is 2.84. The fourth-order valence-electron chi connectivity index (χ4n) is 1.98. The van der Waals surface area contributed by atoms with Crippen molar-refractivity contribution in [3.63, 3.8) is 0 Å². The molecule has 5 nitrogen and oxygen atoms in total. The van der Waals surface area contributed by atoms with Gasteiger partial charge in [0.2, 0.25) is 0 Å². The standard InChI is InChI=1S/C15H16Cl3NO4/c1-8(23-13(21)14(2)7-15(14,17)18)12(20)19-10-6-9(16)4-5-11(10)22-3/h4-6,8H,7H2,1-3H3,(H,19,20)/t8-,14+/m0/s1. The van der Waals surface area contributed by atoms with Crippen LogP contribution < -0.4 is 10.1 Å². The highest BCUT2D eigenvalue weighted by Gasteiger charge is 2.69. The molecule has 1 saturated carbocycles. The monoisotopic (exact) mass is 379 g/mol. The fraction of sp³-hybridized carbons (Fsp3) is 0.467. The van der Waals surface area contributed by atoms with Crippen LogP contribution in [0.5, 0.6) is 5.75 Å². The number of halogens is 3. The van der Waals surface area contributed by atoms with Crippen molar-refractivity contribution >= 4 is 52.4 Å². The zero-order valence-electron chi connectivity index (χ0n) is 12.8. The van der Waals surface area contributed by atoms with E-state index >= 15 is 0 Å². The number of alkyl halides is 2. The Balaban J connectivity index is 2.01. The Kier molecular flexibility index (Phi) is 5.04. The number of amides is 1. The number of hydrogen-bond acceptors (Lipinski definition) is 4. The lowest BCUT2D eigenvalue weighted by atomic mass is 10.1. The molecule has 2 rings (SSSR count). The van der Waals surface area contributed by atoms with Crippen molar-refractivity contribution in [3.8, 4) is 5.75 Å². The summed E-state index contributed by atoms with van der Waals surface area (Å²) in [6, 6.07) is 4.79. The van der Waals surface area contributed by atoms with Gasteiger partial charge < -0.3 is 14.8 Å². The first-order valence-corrected chi connectivity index (χ1v) is 7.97. The molecule has 0 aromatic heterocycles. The molecule has 0 radical (unpaired) electrons. The van der Waals surface area contributed by atoms with E-state index in [-0.39, 0.29) is 0 Å². The van der Waals surface area contributed by atoms with Crippen LogP contribution in [0.2, 0.25) is 5.02 Å². The third-order valence-corrected chi connectivity index (χ3v) is 5.12. The van der Waals surface area contributed by atoms with Gasteiger partial charge in [0.1, 0.15) is 15.5 Å². The minimum absolute atomic E-state index is 0.290. The molecule has 1 amide bonds. The van der Waals surface area contributed by atoms with Crippen LogP contribution in [0, 0.1) is 5.41 Å². The number of carbonyl (C=O) groups excluding carboxylic acids is 2. The molecule has 0 unspecified atom stereocenters. The van der Waals surface area contributed by atoms with E-state index in [1.807, 2.05) is 0 Å². The zero-order valence-corrected chi connectivity index (χ0v) is 15.1. The van der Waals surface area contributed by atoms with Gasteiger partial charge in [-0.2, -0.15) is 0 Å². The second kappa shape index (κ2) is 6.38. The third-order valence-electron chi connectivity index (χ3n) is 3.78. The molecule has 0 heterocycles. The molecule has 1 aliphatic rings. The summed E-state index contributed by atoms with van der Waals surface area (Å²) in [5, 5.41) is 3.04. The maximum absolute atomic E-state index is 12.2. The van der Waals surface area contributed by atoms with Crippen LogP contribution in [-0.2, 0) is 14.3 Å². The Morgan fingerprint density at radius 3 is 2.48 bits per heavy atom. The van der Waals surface area contributed by atoms with Crippen LogP contribution >= 0.6 is 34.8 Å². The summed E-state index contributed by atoms with van der Waals surface area (Å²) in [6.45, 7) is 3.06. The van der Waals surface area contributed by atoms with Gasteiger partial charge >= 0.3 is 5.97 Å². The molecule has 0 bridgehead atoms. The molecule has 23 heavy (non-hydrogen) atoms. The Hall–Kier alpha value is -1.17. The number of methoxy groups -OCH3 is 1. The van der Waals surface area contributed by atoms with Crippen molar-refractivity contribution in [3.05, 3.63) is 23.2 Å². The van der Waals surface area contributed by atoms with E-state index in [1.165, 1.54) is 20.1 Å². The second-order valence-corrected chi connectivity index (χ2v) is 7.52. The Labute approximate surface area is 149 Å². The quantitative estimate of drug-likeness (QED) is 0.623. The van der Waals surface area contributed by atoms with Gasteiger partial charge in [-0.05, 0) is 32.0 Å². The molecule has 1 N–H and O–H groups in total. The van der Waals surface area contributed by atoms with Gasteiger partial charge in [0.05, 0.1) is 12.8 Å². The summed E-state index contributed by atoms with van der Waals surface area (Å²) in [7, 11) is 1.47. The van der Waals surface area contributed by atoms with Gasteiger partial charge in [0.25, 0.3) is 5.91 Å². The second-order valence-electron chi connectivity index (χ2n) is 5.59. The number of carbonyl (C=O) groups is 2. The molecule has 1 aromatic carbocycles. The van der Waals surface area contributed by atoms with Gasteiger partial charge in [0, 0.05) is 11.4 Å². The number of benzene rings is 1. The van der Waals surface area contributed by atoms with Crippen molar-refractivity contribution in [1.82, 2.24) is 0 Å². The van der Waals surface area contributed by atoms with E-state index in [0.29, 0.717) is 22.9 Å². The highest BCUT2D eigenvalue weighted by atomic mass is 35.5. The highest BCUT2D eigenvalue weighted by Crippen LogP contribution is 2.64. The molecule has 0 saturated heterocycles. The van der Waals surface area contributed by atoms with E-state index in [1.54, 1.807) is 19.1 Å². The summed E-state index contributed by atoms with van der Waals surface area (Å²) in [5.74, 6) is -0.683. The van der Waals surface area contributed by atoms with Crippen molar-refractivity contribution in [2.24, 2.45) is 5.41 Å². The molecule has 1 aliphatic carbocycles. The summed E-state index contributed by atoms with van der Waals surface area (Å²) >= 11 is 17.8. The molecule has 1 fully saturated rings. The average molecular weight is 381 g/mol. The normalized spacial score (nSPS) is 22.9. The lowest BCUT2D eigenvalue weighted by Crippen LogP contribution is -2.33. The van der Waals surface area contributed by atoms with Crippen molar-refractivity contribution in [1.29, 1.82) is 0 Å². The highest BCUT2D eigenvalue weighted by molar-refractivity contribution is 6.53. The zero-order chi connectivity index (χ0) is 17.4. The average Bonchev–Trinajstić information content (AvgIpc) is 2.99. The predicted molar refractivity (Wildman–Crippen MR) is 89.3 cm³/mol. The number of hydrogen-bond donors (Lipinski definition) is 1. The maximum atomic E-state index is 12.2. The van der Waals surface area contributed by atoms with Crippen LogP contribution in [0.4, 0.5) is 5.69 Å². The Bertz CT molecular complexity index is 650. The summed E-state index contributed by atoms with van der Waals surface area (Å²) < 4.78 is 9.15. The SMILES string of the molecule is COc1ccc(Cl)cc1NC(=O)[C@H](C)OC(=O)[C@@]1(C)CC1(Cl)Cl. The van der Waals surface area contributed by atoms with Crippen molar-refractivity contribution < 1.29 is 19.1 Å². The van der Waals surface area contributed by atoms with Crippen LogP contribution in [0.25, 0.3) is 0 Å². The maximum Gasteiger partial charge on any atom is 0.315 e. The first kappa shape index (κ1) is 18.2. The molecular weight excluding hydrogens is 365 g/mol. The molecule has 0 aliphatic heterocycles. The van der Waals surface area contributed by atoms with Gasteiger partial charge in [0.15, 0.2) is 6.10 Å². The van der Waals surface area contributed by atoms with Gasteiger partial charge in [-0.3, -0.25) is 9.59 Å². The van der Waals surface area contributed by atoms with E-state index in [9.17, 15) is 9.59 Å². The van der Waals surface area contributed by atoms with Gasteiger partial charge in [-0.15, -0.1) is 23.2 Å². The number of nitrogens with one attached hydrogen (secondary N) is 1. The number of esters is 1. The van der Waals surface area contributed by atoms with Crippen molar-refractivity contribution in [2.75, 3.05) is 12.4 Å². The number of ether oxygens (including phenoxy) is 2. The predicted octanol–water partition coefficient (Wildman–Crippen LogP) is 3.80. The molecular formula is C15H16Cl3NO4. The summed E-state index contributed by atoms with van der Waals surface area (Å²) in [5.41, 5.74) is -0.604. The van der Waals surface area contributed by atoms with E-state index in [4.69, 9.17) is 44.3 Å². The van der Waals surface area contributed by atoms with E-state index in [0.717, 1.165) is 0 Å². The van der Waals surface area contributed by atoms with Gasteiger partial charge in [-0.25, -0.2) is 0 Å². The first-order chi connectivity index (χ1) is 10.6.